The minimum Gasteiger partial charge on any atom is -0.356 e. The monoisotopic (exact) mass is 481 g/mol. The molecule has 1 rings (SSSR count). The first-order chi connectivity index (χ1) is 12.2. The van der Waals surface area contributed by atoms with E-state index in [-0.39, 0.29) is 24.0 Å². The molecule has 0 aliphatic carbocycles. The topological polar surface area (TPSA) is 42.9 Å². The molecule has 1 fully saturated rings. The lowest BCUT2D eigenvalue weighted by molar-refractivity contribution is 0.147. The number of nitrogens with one attached hydrogen (secondary N) is 2. The van der Waals surface area contributed by atoms with Gasteiger partial charge in [0.1, 0.15) is 0 Å². The van der Waals surface area contributed by atoms with Crippen LogP contribution in [0.4, 0.5) is 0 Å². The Bertz CT molecular complexity index is 349. The van der Waals surface area contributed by atoms with Gasteiger partial charge in [-0.05, 0) is 59.3 Å². The summed E-state index contributed by atoms with van der Waals surface area (Å²) in [6.07, 6.45) is 12.0. The smallest absolute Gasteiger partial charge is 0.191 e. The second-order valence-electron chi connectivity index (χ2n) is 7.59. The molecule has 26 heavy (non-hydrogen) atoms. The lowest BCUT2D eigenvalue weighted by atomic mass is 10.0. The number of hydrogen-bond acceptors (Lipinski definition) is 3. The van der Waals surface area contributed by atoms with E-state index in [1.165, 1.54) is 70.9 Å². The Hall–Kier alpha value is -0.0800. The van der Waals surface area contributed by atoms with E-state index in [4.69, 9.17) is 0 Å². The molecule has 0 saturated carbocycles. The molecule has 2 N–H and O–H groups in total. The Balaban J connectivity index is 0.00000625. The van der Waals surface area contributed by atoms with Crippen molar-refractivity contribution in [1.82, 2.24) is 20.4 Å². The van der Waals surface area contributed by atoms with Crippen LogP contribution in [0.5, 0.6) is 0 Å². The van der Waals surface area contributed by atoms with Gasteiger partial charge in [0.05, 0.1) is 0 Å². The summed E-state index contributed by atoms with van der Waals surface area (Å²) in [6.45, 7) is 7.93. The Morgan fingerprint density at radius 3 is 2.42 bits per heavy atom. The first kappa shape index (κ1) is 25.9. The van der Waals surface area contributed by atoms with E-state index in [0.29, 0.717) is 0 Å². The largest absolute Gasteiger partial charge is 0.356 e. The van der Waals surface area contributed by atoms with Crippen molar-refractivity contribution in [3.63, 3.8) is 0 Å². The second-order valence-corrected chi connectivity index (χ2v) is 7.59. The molecule has 0 amide bonds. The highest BCUT2D eigenvalue weighted by atomic mass is 127. The van der Waals surface area contributed by atoms with Crippen LogP contribution in [0, 0.1) is 0 Å². The Kier molecular flexibility index (Phi) is 17.0. The Morgan fingerprint density at radius 2 is 1.73 bits per heavy atom. The van der Waals surface area contributed by atoms with Gasteiger partial charge in [-0.2, -0.15) is 0 Å². The van der Waals surface area contributed by atoms with Gasteiger partial charge in [0, 0.05) is 32.7 Å². The lowest BCUT2D eigenvalue weighted by Crippen LogP contribution is -2.46. The standard InChI is InChI=1S/C20H43N5.HI/c1-5-19-13-9-12-17-25(19)18-15-23-20(21-2)22-14-10-7-6-8-11-16-24(3)4;/h19H,5-18H2,1-4H3,(H2,21,22,23);1H. The molecular weight excluding hydrogens is 437 g/mol. The highest BCUT2D eigenvalue weighted by Crippen LogP contribution is 2.18. The molecule has 0 spiro atoms. The fourth-order valence-electron chi connectivity index (χ4n) is 3.65. The van der Waals surface area contributed by atoms with Crippen LogP contribution in [0.15, 0.2) is 4.99 Å². The van der Waals surface area contributed by atoms with Gasteiger partial charge in [-0.3, -0.25) is 9.89 Å². The fraction of sp³-hybridized carbons (Fsp3) is 0.950. The molecule has 1 aliphatic rings. The van der Waals surface area contributed by atoms with Crippen molar-refractivity contribution in [3.8, 4) is 0 Å². The number of nitrogens with zero attached hydrogens (tertiary/aromatic N) is 3. The maximum atomic E-state index is 4.35. The molecule has 0 aromatic rings. The zero-order valence-corrected chi connectivity index (χ0v) is 20.1. The van der Waals surface area contributed by atoms with E-state index >= 15 is 0 Å². The van der Waals surface area contributed by atoms with Crippen molar-refractivity contribution in [1.29, 1.82) is 0 Å². The summed E-state index contributed by atoms with van der Waals surface area (Å²) >= 11 is 0. The van der Waals surface area contributed by atoms with Gasteiger partial charge in [0.25, 0.3) is 0 Å². The summed E-state index contributed by atoms with van der Waals surface area (Å²) < 4.78 is 0. The van der Waals surface area contributed by atoms with Gasteiger partial charge < -0.3 is 15.5 Å². The summed E-state index contributed by atoms with van der Waals surface area (Å²) in [7, 11) is 6.17. The van der Waals surface area contributed by atoms with E-state index < -0.39 is 0 Å². The van der Waals surface area contributed by atoms with Gasteiger partial charge in [-0.1, -0.05) is 32.6 Å². The van der Waals surface area contributed by atoms with Crippen LogP contribution < -0.4 is 10.6 Å². The van der Waals surface area contributed by atoms with Crippen molar-refractivity contribution >= 4 is 29.9 Å². The third-order valence-corrected chi connectivity index (χ3v) is 5.21. The van der Waals surface area contributed by atoms with Crippen LogP contribution in [0.3, 0.4) is 0 Å². The molecular formula is C20H44IN5. The number of unbranched alkanes of at least 4 members (excludes halogenated alkanes) is 4. The zero-order chi connectivity index (χ0) is 18.3. The van der Waals surface area contributed by atoms with Crippen LogP contribution in [-0.2, 0) is 0 Å². The van der Waals surface area contributed by atoms with Crippen molar-refractivity contribution < 1.29 is 0 Å². The maximum absolute atomic E-state index is 4.35. The van der Waals surface area contributed by atoms with Crippen molar-refractivity contribution in [2.45, 2.75) is 70.8 Å². The second kappa shape index (κ2) is 17.0. The van der Waals surface area contributed by atoms with E-state index in [0.717, 1.165) is 31.6 Å². The number of piperidine rings is 1. The summed E-state index contributed by atoms with van der Waals surface area (Å²) in [4.78, 5) is 9.26. The number of aliphatic imine (C=N–C) groups is 1. The van der Waals surface area contributed by atoms with Crippen LogP contribution in [0.2, 0.25) is 0 Å². The van der Waals surface area contributed by atoms with Gasteiger partial charge >= 0.3 is 0 Å². The van der Waals surface area contributed by atoms with Gasteiger partial charge in [-0.15, -0.1) is 24.0 Å². The molecule has 0 aromatic carbocycles. The average Bonchev–Trinajstić information content (AvgIpc) is 2.62. The van der Waals surface area contributed by atoms with Crippen molar-refractivity contribution in [2.24, 2.45) is 4.99 Å². The molecule has 1 saturated heterocycles. The number of guanidine groups is 1. The van der Waals surface area contributed by atoms with E-state index in [9.17, 15) is 0 Å². The molecule has 1 heterocycles. The normalized spacial score (nSPS) is 18.7. The summed E-state index contributed by atoms with van der Waals surface area (Å²) in [6, 6.07) is 0.790. The molecule has 6 heteroatoms. The molecule has 1 aliphatic heterocycles. The third-order valence-electron chi connectivity index (χ3n) is 5.21. The van der Waals surface area contributed by atoms with Gasteiger partial charge in [0.2, 0.25) is 0 Å². The van der Waals surface area contributed by atoms with Crippen LogP contribution in [0.25, 0.3) is 0 Å². The average molecular weight is 482 g/mol. The van der Waals surface area contributed by atoms with Crippen LogP contribution >= 0.6 is 24.0 Å². The quantitative estimate of drug-likeness (QED) is 0.194. The number of likely N-dealkylation sites (tertiary alicyclic amines) is 1. The summed E-state index contributed by atoms with van der Waals surface area (Å²) in [5.41, 5.74) is 0. The first-order valence-electron chi connectivity index (χ1n) is 10.5. The Labute approximate surface area is 179 Å². The SMILES string of the molecule is CCC1CCCCN1CCNC(=NC)NCCCCCCCN(C)C.I. The number of rotatable bonds is 12. The number of halogens is 1. The molecule has 156 valence electrons. The van der Waals surface area contributed by atoms with E-state index in [1.807, 2.05) is 7.05 Å². The maximum Gasteiger partial charge on any atom is 0.191 e. The predicted molar refractivity (Wildman–Crippen MR) is 126 cm³/mol. The Morgan fingerprint density at radius 1 is 1.04 bits per heavy atom. The molecule has 1 atom stereocenters. The highest BCUT2D eigenvalue weighted by molar-refractivity contribution is 14.0. The van der Waals surface area contributed by atoms with Gasteiger partial charge in [0.15, 0.2) is 5.96 Å². The van der Waals surface area contributed by atoms with Crippen molar-refractivity contribution in [2.75, 3.05) is 53.9 Å². The fourth-order valence-corrected chi connectivity index (χ4v) is 3.65. The minimum atomic E-state index is 0. The van der Waals surface area contributed by atoms with E-state index in [1.54, 1.807) is 0 Å². The van der Waals surface area contributed by atoms with E-state index in [2.05, 4.69) is 46.4 Å². The highest BCUT2D eigenvalue weighted by Gasteiger charge is 2.19. The number of hydrogen-bond donors (Lipinski definition) is 2. The zero-order valence-electron chi connectivity index (χ0n) is 17.7. The molecule has 0 aromatic heterocycles. The van der Waals surface area contributed by atoms with Gasteiger partial charge in [-0.25, -0.2) is 0 Å². The predicted octanol–water partition coefficient (Wildman–Crippen LogP) is 3.55. The summed E-state index contributed by atoms with van der Waals surface area (Å²) in [5, 5.41) is 6.93. The molecule has 5 nitrogen and oxygen atoms in total. The first-order valence-corrected chi connectivity index (χ1v) is 10.5. The van der Waals surface area contributed by atoms with Crippen LogP contribution in [-0.4, -0.2) is 75.7 Å². The van der Waals surface area contributed by atoms with Crippen molar-refractivity contribution in [3.05, 3.63) is 0 Å². The summed E-state index contributed by atoms with van der Waals surface area (Å²) in [5.74, 6) is 0.956. The molecule has 0 radical (unpaired) electrons. The molecule has 0 bridgehead atoms. The third kappa shape index (κ3) is 12.3. The van der Waals surface area contributed by atoms with Crippen LogP contribution in [0.1, 0.15) is 64.7 Å². The lowest BCUT2D eigenvalue weighted by Gasteiger charge is -2.35. The minimum absolute atomic E-state index is 0. The molecule has 1 unspecified atom stereocenters.